The second-order valence-corrected chi connectivity index (χ2v) is 11.5. The van der Waals surface area contributed by atoms with Gasteiger partial charge in [0.15, 0.2) is 0 Å². The van der Waals surface area contributed by atoms with Gasteiger partial charge in [-0.3, -0.25) is 9.59 Å². The number of hydrogen-bond acceptors (Lipinski definition) is 7. The molecule has 38 heavy (non-hydrogen) atoms. The smallest absolute Gasteiger partial charge is 0.280 e. The zero-order valence-corrected chi connectivity index (χ0v) is 21.9. The number of halogens is 3. The maximum Gasteiger partial charge on any atom is 0.280 e. The standard InChI is InChI=1S/C23H19ClF2N6O4S2/c1-32-20(22(34)30-13-3-5-17(25)16(24)7-13)8-19(31-38(32,35)36)21(33)28-10-14-11-29-23(37-14)15-4-2-12(9-27)6-18(15)26/h2-7,11,19-20,31H,8,10H2,1H3,(H,28,33)(H,30,34). The molecule has 3 aromatic rings. The molecule has 198 valence electrons. The Labute approximate surface area is 225 Å². The fourth-order valence-corrected chi connectivity index (χ4v) is 5.96. The van der Waals surface area contributed by atoms with Gasteiger partial charge in [0.1, 0.15) is 28.7 Å². The van der Waals surface area contributed by atoms with E-state index in [1.165, 1.54) is 37.5 Å². The van der Waals surface area contributed by atoms with Crippen LogP contribution in [0, 0.1) is 23.0 Å². The number of amides is 2. The highest BCUT2D eigenvalue weighted by Gasteiger charge is 2.42. The molecule has 2 aromatic carbocycles. The van der Waals surface area contributed by atoms with E-state index in [1.807, 2.05) is 6.07 Å². The first kappa shape index (κ1) is 27.6. The molecule has 2 atom stereocenters. The number of nitrogens with one attached hydrogen (secondary N) is 3. The van der Waals surface area contributed by atoms with E-state index in [0.29, 0.717) is 9.88 Å². The van der Waals surface area contributed by atoms with E-state index in [-0.39, 0.29) is 34.8 Å². The molecule has 10 nitrogen and oxygen atoms in total. The topological polar surface area (TPSA) is 144 Å². The Morgan fingerprint density at radius 2 is 2.00 bits per heavy atom. The van der Waals surface area contributed by atoms with Gasteiger partial charge in [0.05, 0.1) is 23.2 Å². The van der Waals surface area contributed by atoms with Crippen LogP contribution in [0.5, 0.6) is 0 Å². The van der Waals surface area contributed by atoms with Gasteiger partial charge in [-0.25, -0.2) is 13.8 Å². The first-order chi connectivity index (χ1) is 18.0. The molecule has 0 radical (unpaired) electrons. The van der Waals surface area contributed by atoms with E-state index >= 15 is 0 Å². The van der Waals surface area contributed by atoms with Crippen LogP contribution in [0.2, 0.25) is 5.02 Å². The molecule has 0 saturated carbocycles. The third-order valence-electron chi connectivity index (χ3n) is 5.69. The second-order valence-electron chi connectivity index (χ2n) is 8.22. The van der Waals surface area contributed by atoms with E-state index in [0.717, 1.165) is 27.8 Å². The maximum atomic E-state index is 14.3. The Hall–Kier alpha value is -3.48. The molecule has 15 heteroatoms. The van der Waals surface area contributed by atoms with Crippen molar-refractivity contribution >= 4 is 50.6 Å². The van der Waals surface area contributed by atoms with Crippen molar-refractivity contribution in [3.63, 3.8) is 0 Å². The van der Waals surface area contributed by atoms with Crippen LogP contribution in [0.1, 0.15) is 16.9 Å². The van der Waals surface area contributed by atoms with Gasteiger partial charge < -0.3 is 10.6 Å². The summed E-state index contributed by atoms with van der Waals surface area (Å²) in [5.41, 5.74) is 0.529. The lowest BCUT2D eigenvalue weighted by Crippen LogP contribution is -2.62. The van der Waals surface area contributed by atoms with Gasteiger partial charge in [-0.2, -0.15) is 22.7 Å². The maximum absolute atomic E-state index is 14.3. The predicted molar refractivity (Wildman–Crippen MR) is 136 cm³/mol. The Morgan fingerprint density at radius 1 is 1.24 bits per heavy atom. The van der Waals surface area contributed by atoms with Crippen LogP contribution in [0.15, 0.2) is 42.6 Å². The summed E-state index contributed by atoms with van der Waals surface area (Å²) in [6.45, 7) is -0.0204. The molecule has 1 aliphatic heterocycles. The molecule has 2 heterocycles. The van der Waals surface area contributed by atoms with Crippen molar-refractivity contribution in [2.24, 2.45) is 0 Å². The molecule has 1 fully saturated rings. The fraction of sp³-hybridized carbons (Fsp3) is 0.217. The molecule has 0 bridgehead atoms. The van der Waals surface area contributed by atoms with Crippen LogP contribution in [-0.4, -0.2) is 48.7 Å². The van der Waals surface area contributed by atoms with Gasteiger partial charge in [-0.05, 0) is 42.8 Å². The van der Waals surface area contributed by atoms with Crippen molar-refractivity contribution in [1.29, 1.82) is 5.26 Å². The summed E-state index contributed by atoms with van der Waals surface area (Å²) in [5.74, 6) is -2.70. The van der Waals surface area contributed by atoms with Crippen molar-refractivity contribution in [3.05, 3.63) is 69.7 Å². The van der Waals surface area contributed by atoms with Crippen molar-refractivity contribution in [1.82, 2.24) is 19.3 Å². The molecule has 0 spiro atoms. The molecule has 1 saturated heterocycles. The summed E-state index contributed by atoms with van der Waals surface area (Å²) in [6.07, 6.45) is 1.26. The number of likely N-dealkylation sites (N-methyl/N-ethyl adjacent to an activating group) is 1. The zero-order valence-electron chi connectivity index (χ0n) is 19.5. The first-order valence-electron chi connectivity index (χ1n) is 10.9. The number of carbonyl (C=O) groups is 2. The highest BCUT2D eigenvalue weighted by molar-refractivity contribution is 7.87. The van der Waals surface area contributed by atoms with Gasteiger partial charge in [0.2, 0.25) is 11.8 Å². The molecular formula is C23H19ClF2N6O4S2. The van der Waals surface area contributed by atoms with E-state index in [2.05, 4.69) is 20.3 Å². The molecule has 1 aliphatic rings. The van der Waals surface area contributed by atoms with Crippen LogP contribution in [0.25, 0.3) is 10.6 Å². The van der Waals surface area contributed by atoms with Crippen LogP contribution in [0.3, 0.4) is 0 Å². The number of carbonyl (C=O) groups excluding carboxylic acids is 2. The Kier molecular flexibility index (Phi) is 8.05. The van der Waals surface area contributed by atoms with E-state index < -0.39 is 45.7 Å². The highest BCUT2D eigenvalue weighted by Crippen LogP contribution is 2.28. The average molecular weight is 581 g/mol. The summed E-state index contributed by atoms with van der Waals surface area (Å²) in [4.78, 5) is 30.4. The second kappa shape index (κ2) is 11.1. The molecule has 4 rings (SSSR count). The monoisotopic (exact) mass is 580 g/mol. The van der Waals surface area contributed by atoms with Crippen LogP contribution in [0.4, 0.5) is 14.5 Å². The molecule has 2 amide bonds. The number of hydrogen-bond donors (Lipinski definition) is 3. The SMILES string of the molecule is CN1C(C(=O)Nc2ccc(F)c(Cl)c2)CC(C(=O)NCc2cnc(-c3ccc(C#N)cc3F)s2)NS1(=O)=O. The van der Waals surface area contributed by atoms with Crippen molar-refractivity contribution in [3.8, 4) is 16.6 Å². The summed E-state index contributed by atoms with van der Waals surface area (Å²) in [6, 6.07) is 6.86. The third kappa shape index (κ3) is 5.98. The lowest BCUT2D eigenvalue weighted by Gasteiger charge is -2.35. The van der Waals surface area contributed by atoms with Gasteiger partial charge in [0, 0.05) is 29.4 Å². The van der Waals surface area contributed by atoms with Crippen LogP contribution < -0.4 is 15.4 Å². The Balaban J connectivity index is 1.42. The minimum Gasteiger partial charge on any atom is -0.350 e. The Bertz CT molecular complexity index is 1560. The van der Waals surface area contributed by atoms with E-state index in [4.69, 9.17) is 16.9 Å². The average Bonchev–Trinajstić information content (AvgIpc) is 3.34. The minimum absolute atomic E-state index is 0.0204. The first-order valence-corrected chi connectivity index (χ1v) is 13.6. The quantitative estimate of drug-likeness (QED) is 0.409. The largest absolute Gasteiger partial charge is 0.350 e. The number of rotatable bonds is 6. The van der Waals surface area contributed by atoms with Crippen molar-refractivity contribution in [2.45, 2.75) is 25.0 Å². The normalized spacial score (nSPS) is 18.9. The zero-order chi connectivity index (χ0) is 27.6. The van der Waals surface area contributed by atoms with Crippen LogP contribution >= 0.6 is 22.9 Å². The number of nitriles is 1. The van der Waals surface area contributed by atoms with Gasteiger partial charge in [0.25, 0.3) is 10.2 Å². The number of thiazole rings is 1. The summed E-state index contributed by atoms with van der Waals surface area (Å²) in [5, 5.41) is 14.1. The lowest BCUT2D eigenvalue weighted by atomic mass is 10.1. The Morgan fingerprint density at radius 3 is 2.68 bits per heavy atom. The van der Waals surface area contributed by atoms with Gasteiger partial charge in [-0.1, -0.05) is 11.6 Å². The minimum atomic E-state index is -4.18. The van der Waals surface area contributed by atoms with Gasteiger partial charge in [-0.15, -0.1) is 11.3 Å². The summed E-state index contributed by atoms with van der Waals surface area (Å²) in [7, 11) is -2.99. The molecule has 0 aliphatic carbocycles. The molecule has 3 N–H and O–H groups in total. The van der Waals surface area contributed by atoms with Crippen LogP contribution in [-0.2, 0) is 26.3 Å². The highest BCUT2D eigenvalue weighted by atomic mass is 35.5. The summed E-state index contributed by atoms with van der Waals surface area (Å²) >= 11 is 6.85. The molecule has 1 aromatic heterocycles. The van der Waals surface area contributed by atoms with Crippen molar-refractivity contribution < 1.29 is 26.8 Å². The number of benzene rings is 2. The predicted octanol–water partition coefficient (Wildman–Crippen LogP) is 2.78. The van der Waals surface area contributed by atoms with E-state index in [1.54, 1.807) is 0 Å². The fourth-order valence-electron chi connectivity index (χ4n) is 3.65. The number of aromatic nitrogens is 1. The lowest BCUT2D eigenvalue weighted by molar-refractivity contribution is -0.124. The van der Waals surface area contributed by atoms with Gasteiger partial charge >= 0.3 is 0 Å². The summed E-state index contributed by atoms with van der Waals surface area (Å²) < 4.78 is 55.9. The molecule has 2 unspecified atom stereocenters. The number of nitrogens with zero attached hydrogens (tertiary/aromatic N) is 3. The van der Waals surface area contributed by atoms with Crippen molar-refractivity contribution in [2.75, 3.05) is 12.4 Å². The molecular weight excluding hydrogens is 562 g/mol. The van der Waals surface area contributed by atoms with E-state index in [9.17, 15) is 26.8 Å². The third-order valence-corrected chi connectivity index (χ3v) is 8.61. The number of anilines is 1.